The summed E-state index contributed by atoms with van der Waals surface area (Å²) in [6, 6.07) is 3.15. The molecule has 1 saturated carbocycles. The molecule has 1 aromatic rings. The van der Waals surface area contributed by atoms with Crippen LogP contribution >= 0.6 is 0 Å². The third kappa shape index (κ3) is 2.45. The highest BCUT2D eigenvalue weighted by molar-refractivity contribution is 4.85. The molecule has 0 amide bonds. The molecule has 1 aromatic heterocycles. The lowest BCUT2D eigenvalue weighted by atomic mass is 10.0. The molecule has 0 spiro atoms. The van der Waals surface area contributed by atoms with Crippen molar-refractivity contribution >= 4 is 0 Å². The Morgan fingerprint density at radius 2 is 2.40 bits per heavy atom. The highest BCUT2D eigenvalue weighted by Crippen LogP contribution is 2.28. The Kier molecular flexibility index (Phi) is 3.16. The molecule has 1 aliphatic carbocycles. The van der Waals surface area contributed by atoms with E-state index in [4.69, 9.17) is 0 Å². The van der Waals surface area contributed by atoms with Crippen molar-refractivity contribution in [3.63, 3.8) is 0 Å². The maximum Gasteiger partial charge on any atom is 0.266 e. The molecular weight excluding hydrogens is 192 g/mol. The minimum Gasteiger partial charge on any atom is -0.393 e. The summed E-state index contributed by atoms with van der Waals surface area (Å²) in [5.41, 5.74) is -0.0648. The van der Waals surface area contributed by atoms with E-state index in [2.05, 4.69) is 5.10 Å². The molecule has 1 N–H and O–H groups in total. The van der Waals surface area contributed by atoms with Gasteiger partial charge in [0, 0.05) is 18.8 Å². The van der Waals surface area contributed by atoms with Crippen molar-refractivity contribution in [2.24, 2.45) is 5.92 Å². The standard InChI is InChI=1S/C11H16N2O2/c14-10-4-1-3-9(10)6-8-13-11(15)5-2-7-12-13/h2,5,7,9-10,14H,1,3-4,6,8H2. The summed E-state index contributed by atoms with van der Waals surface area (Å²) in [6.45, 7) is 0.612. The maximum absolute atomic E-state index is 11.3. The third-order valence-electron chi connectivity index (χ3n) is 3.12. The van der Waals surface area contributed by atoms with Gasteiger partial charge in [0.05, 0.1) is 6.10 Å². The first kappa shape index (κ1) is 10.4. The van der Waals surface area contributed by atoms with Gasteiger partial charge < -0.3 is 5.11 Å². The molecule has 4 nitrogen and oxygen atoms in total. The highest BCUT2D eigenvalue weighted by atomic mass is 16.3. The summed E-state index contributed by atoms with van der Waals surface area (Å²) in [5, 5.41) is 13.6. The SMILES string of the molecule is O=c1cccnn1CCC1CCCC1O. The Morgan fingerprint density at radius 3 is 3.07 bits per heavy atom. The number of hydrogen-bond acceptors (Lipinski definition) is 3. The van der Waals surface area contributed by atoms with Gasteiger partial charge in [0.2, 0.25) is 0 Å². The molecule has 1 heterocycles. The molecule has 4 heteroatoms. The number of aryl methyl sites for hydroxylation is 1. The fraction of sp³-hybridized carbons (Fsp3) is 0.636. The zero-order valence-electron chi connectivity index (χ0n) is 8.67. The second-order valence-corrected chi connectivity index (χ2v) is 4.13. The van der Waals surface area contributed by atoms with Crippen LogP contribution < -0.4 is 5.56 Å². The summed E-state index contributed by atoms with van der Waals surface area (Å²) in [5.74, 6) is 0.346. The van der Waals surface area contributed by atoms with Crippen LogP contribution in [0.1, 0.15) is 25.7 Å². The minimum atomic E-state index is -0.176. The van der Waals surface area contributed by atoms with Crippen molar-refractivity contribution in [1.29, 1.82) is 0 Å². The van der Waals surface area contributed by atoms with Crippen LogP contribution in [0.2, 0.25) is 0 Å². The van der Waals surface area contributed by atoms with E-state index in [1.54, 1.807) is 12.3 Å². The smallest absolute Gasteiger partial charge is 0.266 e. The molecular formula is C11H16N2O2. The third-order valence-corrected chi connectivity index (χ3v) is 3.12. The van der Waals surface area contributed by atoms with Crippen molar-refractivity contribution in [2.45, 2.75) is 38.3 Å². The zero-order chi connectivity index (χ0) is 10.7. The molecule has 0 aromatic carbocycles. The van der Waals surface area contributed by atoms with E-state index in [0.717, 1.165) is 25.7 Å². The highest BCUT2D eigenvalue weighted by Gasteiger charge is 2.24. The van der Waals surface area contributed by atoms with Gasteiger partial charge in [-0.2, -0.15) is 5.10 Å². The Bertz CT molecular complexity index is 375. The van der Waals surface area contributed by atoms with Crippen LogP contribution in [-0.2, 0) is 6.54 Å². The van der Waals surface area contributed by atoms with Crippen molar-refractivity contribution in [2.75, 3.05) is 0 Å². The fourth-order valence-electron chi connectivity index (χ4n) is 2.20. The van der Waals surface area contributed by atoms with Crippen molar-refractivity contribution in [1.82, 2.24) is 9.78 Å². The average Bonchev–Trinajstić information content (AvgIpc) is 2.63. The quantitative estimate of drug-likeness (QED) is 0.799. The van der Waals surface area contributed by atoms with Crippen molar-refractivity contribution < 1.29 is 5.11 Å². The van der Waals surface area contributed by atoms with E-state index in [0.29, 0.717) is 12.5 Å². The lowest BCUT2D eigenvalue weighted by Gasteiger charge is -2.13. The molecule has 2 rings (SSSR count). The molecule has 0 saturated heterocycles. The summed E-state index contributed by atoms with van der Waals surface area (Å²) in [4.78, 5) is 11.3. The Morgan fingerprint density at radius 1 is 1.53 bits per heavy atom. The van der Waals surface area contributed by atoms with Crippen LogP contribution in [0.15, 0.2) is 23.1 Å². The van der Waals surface area contributed by atoms with Gasteiger partial charge in [0.15, 0.2) is 0 Å². The summed E-state index contributed by atoms with van der Waals surface area (Å²) in [7, 11) is 0. The monoisotopic (exact) mass is 208 g/mol. The van der Waals surface area contributed by atoms with Gasteiger partial charge in [0.1, 0.15) is 0 Å². The molecule has 0 aliphatic heterocycles. The molecule has 2 unspecified atom stereocenters. The van der Waals surface area contributed by atoms with Crippen molar-refractivity contribution in [3.8, 4) is 0 Å². The second kappa shape index (κ2) is 4.57. The number of aliphatic hydroxyl groups excluding tert-OH is 1. The van der Waals surface area contributed by atoms with Gasteiger partial charge >= 0.3 is 0 Å². The normalized spacial score (nSPS) is 25.7. The predicted octanol–water partition coefficient (Wildman–Crippen LogP) is 0.794. The van der Waals surface area contributed by atoms with Crippen LogP contribution in [0.5, 0.6) is 0 Å². The first-order valence-electron chi connectivity index (χ1n) is 5.47. The molecule has 82 valence electrons. The molecule has 15 heavy (non-hydrogen) atoms. The number of hydrogen-bond donors (Lipinski definition) is 1. The number of rotatable bonds is 3. The minimum absolute atomic E-state index is 0.0648. The molecule has 1 aliphatic rings. The van der Waals surface area contributed by atoms with E-state index in [-0.39, 0.29) is 11.7 Å². The molecule has 1 fully saturated rings. The van der Waals surface area contributed by atoms with Crippen LogP contribution in [0.25, 0.3) is 0 Å². The van der Waals surface area contributed by atoms with Crippen LogP contribution in [-0.4, -0.2) is 21.0 Å². The maximum atomic E-state index is 11.3. The second-order valence-electron chi connectivity index (χ2n) is 4.13. The summed E-state index contributed by atoms with van der Waals surface area (Å²) in [6.07, 6.45) is 5.36. The largest absolute Gasteiger partial charge is 0.393 e. The van der Waals surface area contributed by atoms with Gasteiger partial charge in [-0.25, -0.2) is 4.68 Å². The Labute approximate surface area is 88.6 Å². The van der Waals surface area contributed by atoms with Crippen LogP contribution in [0.4, 0.5) is 0 Å². The van der Waals surface area contributed by atoms with Gasteiger partial charge in [0.25, 0.3) is 5.56 Å². The number of aromatic nitrogens is 2. The van der Waals surface area contributed by atoms with Crippen LogP contribution in [0, 0.1) is 5.92 Å². The van der Waals surface area contributed by atoms with E-state index < -0.39 is 0 Å². The van der Waals surface area contributed by atoms with Gasteiger partial charge in [-0.1, -0.05) is 6.42 Å². The van der Waals surface area contributed by atoms with Crippen LogP contribution in [0.3, 0.4) is 0 Å². The van der Waals surface area contributed by atoms with E-state index in [1.807, 2.05) is 0 Å². The lowest BCUT2D eigenvalue weighted by molar-refractivity contribution is 0.124. The van der Waals surface area contributed by atoms with E-state index in [9.17, 15) is 9.90 Å². The Hall–Kier alpha value is -1.16. The Balaban J connectivity index is 1.93. The molecule has 0 radical (unpaired) electrons. The first-order chi connectivity index (χ1) is 7.27. The molecule has 0 bridgehead atoms. The predicted molar refractivity (Wildman–Crippen MR) is 56.5 cm³/mol. The van der Waals surface area contributed by atoms with E-state index >= 15 is 0 Å². The average molecular weight is 208 g/mol. The van der Waals surface area contributed by atoms with Gasteiger partial charge in [-0.05, 0) is 31.2 Å². The molecule has 2 atom stereocenters. The van der Waals surface area contributed by atoms with E-state index in [1.165, 1.54) is 10.7 Å². The zero-order valence-corrected chi connectivity index (χ0v) is 8.67. The fourth-order valence-corrected chi connectivity index (χ4v) is 2.20. The topological polar surface area (TPSA) is 55.1 Å². The van der Waals surface area contributed by atoms with Gasteiger partial charge in [-0.3, -0.25) is 4.79 Å². The summed E-state index contributed by atoms with van der Waals surface area (Å²) < 4.78 is 1.46. The van der Waals surface area contributed by atoms with Gasteiger partial charge in [-0.15, -0.1) is 0 Å². The summed E-state index contributed by atoms with van der Waals surface area (Å²) >= 11 is 0. The number of aliphatic hydroxyl groups is 1. The first-order valence-corrected chi connectivity index (χ1v) is 5.47. The lowest BCUT2D eigenvalue weighted by Crippen LogP contribution is -2.24. The van der Waals surface area contributed by atoms with Crippen molar-refractivity contribution in [3.05, 3.63) is 28.7 Å². The number of nitrogens with zero attached hydrogens (tertiary/aromatic N) is 2.